The molecule has 2 amide bonds. The molecule has 0 saturated heterocycles. The highest BCUT2D eigenvalue weighted by Gasteiger charge is 2.24. The summed E-state index contributed by atoms with van der Waals surface area (Å²) in [6, 6.07) is 1.44. The standard InChI is InChI=1S/C10H7FN2O2/c11-8-5-12-4-3-7(8)6-13-9(14)1-2-10(13)15/h1-5H,6H2. The summed E-state index contributed by atoms with van der Waals surface area (Å²) in [4.78, 5) is 26.9. The Labute approximate surface area is 85.0 Å². The van der Waals surface area contributed by atoms with E-state index >= 15 is 0 Å². The van der Waals surface area contributed by atoms with E-state index in [4.69, 9.17) is 0 Å². The van der Waals surface area contributed by atoms with Crippen molar-refractivity contribution in [1.82, 2.24) is 9.88 Å². The summed E-state index contributed by atoms with van der Waals surface area (Å²) in [5.74, 6) is -1.36. The van der Waals surface area contributed by atoms with Gasteiger partial charge in [0.1, 0.15) is 5.82 Å². The van der Waals surface area contributed by atoms with Crippen LogP contribution in [0.15, 0.2) is 30.6 Å². The number of rotatable bonds is 2. The Bertz CT molecular complexity index is 438. The number of hydrogen-bond donors (Lipinski definition) is 0. The topological polar surface area (TPSA) is 50.3 Å². The molecule has 1 aliphatic rings. The second-order valence-corrected chi connectivity index (χ2v) is 3.06. The number of nitrogens with zero attached hydrogens (tertiary/aromatic N) is 2. The molecule has 2 rings (SSSR count). The molecule has 0 radical (unpaired) electrons. The molecule has 1 aromatic rings. The highest BCUT2D eigenvalue weighted by molar-refractivity contribution is 6.12. The van der Waals surface area contributed by atoms with Crippen LogP contribution >= 0.6 is 0 Å². The first-order valence-corrected chi connectivity index (χ1v) is 4.30. The maximum atomic E-state index is 13.2. The minimum absolute atomic E-state index is 0.0565. The van der Waals surface area contributed by atoms with E-state index in [2.05, 4.69) is 4.98 Å². The lowest BCUT2D eigenvalue weighted by Crippen LogP contribution is -2.29. The van der Waals surface area contributed by atoms with E-state index in [-0.39, 0.29) is 12.1 Å². The summed E-state index contributed by atoms with van der Waals surface area (Å²) in [6.45, 7) is -0.0565. The van der Waals surface area contributed by atoms with Gasteiger partial charge < -0.3 is 0 Å². The van der Waals surface area contributed by atoms with E-state index in [1.165, 1.54) is 24.4 Å². The molecule has 15 heavy (non-hydrogen) atoms. The van der Waals surface area contributed by atoms with E-state index in [9.17, 15) is 14.0 Å². The van der Waals surface area contributed by atoms with Crippen LogP contribution in [-0.2, 0) is 16.1 Å². The van der Waals surface area contributed by atoms with Gasteiger partial charge in [-0.3, -0.25) is 19.5 Å². The zero-order chi connectivity index (χ0) is 10.8. The molecule has 0 aliphatic carbocycles. The number of amides is 2. The number of carbonyl (C=O) groups excluding carboxylic acids is 2. The molecule has 0 saturated carbocycles. The predicted octanol–water partition coefficient (Wildman–Crippen LogP) is 0.646. The Kier molecular flexibility index (Phi) is 2.29. The molecule has 0 fully saturated rings. The number of halogens is 1. The van der Waals surface area contributed by atoms with Gasteiger partial charge in [-0.05, 0) is 6.07 Å². The van der Waals surface area contributed by atoms with Gasteiger partial charge in [0.15, 0.2) is 0 Å². The molecule has 0 spiro atoms. The first-order valence-electron chi connectivity index (χ1n) is 4.30. The third-order valence-corrected chi connectivity index (χ3v) is 2.09. The molecular formula is C10H7FN2O2. The molecule has 0 aromatic carbocycles. The minimum atomic E-state index is -0.523. The molecule has 0 unspecified atom stereocenters. The van der Waals surface area contributed by atoms with Crippen LogP contribution in [0, 0.1) is 5.82 Å². The van der Waals surface area contributed by atoms with Crippen LogP contribution in [0.1, 0.15) is 5.56 Å². The quantitative estimate of drug-likeness (QED) is 0.667. The lowest BCUT2D eigenvalue weighted by atomic mass is 10.2. The van der Waals surface area contributed by atoms with Crippen molar-refractivity contribution in [3.8, 4) is 0 Å². The van der Waals surface area contributed by atoms with Gasteiger partial charge in [-0.25, -0.2) is 4.39 Å². The molecule has 1 aliphatic heterocycles. The maximum Gasteiger partial charge on any atom is 0.253 e. The molecule has 1 aromatic heterocycles. The third-order valence-electron chi connectivity index (χ3n) is 2.09. The number of aromatic nitrogens is 1. The second kappa shape index (κ2) is 3.61. The summed E-state index contributed by atoms with van der Waals surface area (Å²) in [5, 5.41) is 0. The number of carbonyl (C=O) groups is 2. The Morgan fingerprint density at radius 1 is 1.27 bits per heavy atom. The Balaban J connectivity index is 2.20. The Morgan fingerprint density at radius 2 is 1.93 bits per heavy atom. The van der Waals surface area contributed by atoms with E-state index in [1.54, 1.807) is 0 Å². The number of imide groups is 1. The smallest absolute Gasteiger partial charge is 0.253 e. The minimum Gasteiger partial charge on any atom is -0.271 e. The zero-order valence-corrected chi connectivity index (χ0v) is 7.68. The van der Waals surface area contributed by atoms with E-state index in [1.807, 2.05) is 0 Å². The van der Waals surface area contributed by atoms with Crippen LogP contribution in [0.4, 0.5) is 4.39 Å². The van der Waals surface area contributed by atoms with Crippen LogP contribution < -0.4 is 0 Å². The van der Waals surface area contributed by atoms with Crippen molar-refractivity contribution in [1.29, 1.82) is 0 Å². The van der Waals surface area contributed by atoms with Crippen LogP contribution in [0.5, 0.6) is 0 Å². The first-order chi connectivity index (χ1) is 7.18. The molecule has 0 atom stereocenters. The monoisotopic (exact) mass is 206 g/mol. The molecule has 0 bridgehead atoms. The molecule has 4 nitrogen and oxygen atoms in total. The number of pyridine rings is 1. The van der Waals surface area contributed by atoms with E-state index in [0.717, 1.165) is 11.1 Å². The van der Waals surface area contributed by atoms with Gasteiger partial charge in [0.05, 0.1) is 12.7 Å². The van der Waals surface area contributed by atoms with Crippen molar-refractivity contribution in [2.24, 2.45) is 0 Å². The molecule has 5 heteroatoms. The predicted molar refractivity (Wildman–Crippen MR) is 48.9 cm³/mol. The lowest BCUT2D eigenvalue weighted by Gasteiger charge is -2.13. The lowest BCUT2D eigenvalue weighted by molar-refractivity contribution is -0.137. The van der Waals surface area contributed by atoms with E-state index < -0.39 is 17.6 Å². The average Bonchev–Trinajstić information content (AvgIpc) is 2.53. The van der Waals surface area contributed by atoms with Crippen molar-refractivity contribution >= 4 is 11.8 Å². The summed E-state index contributed by atoms with van der Waals surface area (Å²) in [7, 11) is 0. The van der Waals surface area contributed by atoms with Crippen LogP contribution in [0.25, 0.3) is 0 Å². The fraction of sp³-hybridized carbons (Fsp3) is 0.100. The zero-order valence-electron chi connectivity index (χ0n) is 7.68. The second-order valence-electron chi connectivity index (χ2n) is 3.06. The van der Waals surface area contributed by atoms with Gasteiger partial charge >= 0.3 is 0 Å². The third kappa shape index (κ3) is 1.76. The van der Waals surface area contributed by atoms with Crippen molar-refractivity contribution in [3.63, 3.8) is 0 Å². The van der Waals surface area contributed by atoms with Crippen molar-refractivity contribution < 1.29 is 14.0 Å². The Hall–Kier alpha value is -2.04. The van der Waals surface area contributed by atoms with Crippen LogP contribution in [0.2, 0.25) is 0 Å². The van der Waals surface area contributed by atoms with Crippen molar-refractivity contribution in [2.45, 2.75) is 6.54 Å². The van der Waals surface area contributed by atoms with E-state index in [0.29, 0.717) is 0 Å². The normalized spacial score (nSPS) is 15.1. The van der Waals surface area contributed by atoms with Crippen molar-refractivity contribution in [2.75, 3.05) is 0 Å². The first kappa shape index (κ1) is 9.51. The SMILES string of the molecule is O=C1C=CC(=O)N1Cc1ccncc1F. The fourth-order valence-corrected chi connectivity index (χ4v) is 1.29. The summed E-state index contributed by atoms with van der Waals surface area (Å²) in [5.41, 5.74) is 0.274. The highest BCUT2D eigenvalue weighted by atomic mass is 19.1. The number of hydrogen-bond acceptors (Lipinski definition) is 3. The molecule has 2 heterocycles. The average molecular weight is 206 g/mol. The Morgan fingerprint density at radius 3 is 2.53 bits per heavy atom. The highest BCUT2D eigenvalue weighted by Crippen LogP contribution is 2.12. The van der Waals surface area contributed by atoms with Gasteiger partial charge in [-0.15, -0.1) is 0 Å². The van der Waals surface area contributed by atoms with Crippen molar-refractivity contribution in [3.05, 3.63) is 42.0 Å². The largest absolute Gasteiger partial charge is 0.271 e. The van der Waals surface area contributed by atoms with Gasteiger partial charge in [-0.1, -0.05) is 0 Å². The van der Waals surface area contributed by atoms with Crippen LogP contribution in [-0.4, -0.2) is 21.7 Å². The van der Waals surface area contributed by atoms with Gasteiger partial charge in [0, 0.05) is 23.9 Å². The van der Waals surface area contributed by atoms with Crippen LogP contribution in [0.3, 0.4) is 0 Å². The summed E-state index contributed by atoms with van der Waals surface area (Å²) < 4.78 is 13.2. The van der Waals surface area contributed by atoms with Gasteiger partial charge in [0.2, 0.25) is 0 Å². The summed E-state index contributed by atoms with van der Waals surface area (Å²) in [6.07, 6.45) is 4.80. The fourth-order valence-electron chi connectivity index (χ4n) is 1.29. The van der Waals surface area contributed by atoms with Gasteiger partial charge in [0.25, 0.3) is 11.8 Å². The maximum absolute atomic E-state index is 13.2. The molecule has 0 N–H and O–H groups in total. The summed E-state index contributed by atoms with van der Waals surface area (Å²) >= 11 is 0. The molecular weight excluding hydrogens is 199 g/mol. The molecule has 76 valence electrons. The van der Waals surface area contributed by atoms with Gasteiger partial charge in [-0.2, -0.15) is 0 Å².